The molecule has 0 bridgehead atoms. The van der Waals surface area contributed by atoms with E-state index in [1.165, 1.54) is 5.56 Å². The summed E-state index contributed by atoms with van der Waals surface area (Å²) in [5, 5.41) is 17.5. The number of hydrogen-bond donors (Lipinski definition) is 2. The average molecular weight is 301 g/mol. The van der Waals surface area contributed by atoms with Crippen LogP contribution in [-0.4, -0.2) is 46.5 Å². The molecule has 2 N–H and O–H groups in total. The zero-order valence-corrected chi connectivity index (χ0v) is 13.1. The van der Waals surface area contributed by atoms with Crippen molar-refractivity contribution in [1.82, 2.24) is 15.1 Å². The predicted octanol–water partition coefficient (Wildman–Crippen LogP) is 1.76. The number of aromatic nitrogens is 2. The highest BCUT2D eigenvalue weighted by Crippen LogP contribution is 2.23. The number of likely N-dealkylation sites (tertiary alicyclic amines) is 1. The van der Waals surface area contributed by atoms with Gasteiger partial charge in [0.05, 0.1) is 18.9 Å². The monoisotopic (exact) mass is 301 g/mol. The number of aliphatic hydroxyl groups is 1. The molecule has 22 heavy (non-hydrogen) atoms. The first-order chi connectivity index (χ1) is 10.6. The zero-order chi connectivity index (χ0) is 15.5. The van der Waals surface area contributed by atoms with Crippen LogP contribution in [0.15, 0.2) is 30.3 Å². The number of β-amino-alcohol motifs (C(OH)–C–C–N with tert-alkyl or cyclic N) is 1. The number of aromatic amines is 1. The van der Waals surface area contributed by atoms with Crippen LogP contribution < -0.4 is 4.74 Å². The number of ether oxygens (including phenoxy) is 1. The van der Waals surface area contributed by atoms with E-state index in [1.54, 1.807) is 7.11 Å². The Morgan fingerprint density at radius 3 is 2.73 bits per heavy atom. The van der Waals surface area contributed by atoms with Crippen molar-refractivity contribution in [1.29, 1.82) is 0 Å². The number of benzene rings is 1. The van der Waals surface area contributed by atoms with Crippen molar-refractivity contribution in [3.05, 3.63) is 47.3 Å². The number of aryl methyl sites for hydroxylation is 1. The Morgan fingerprint density at radius 2 is 2.09 bits per heavy atom. The normalized spacial score (nSPS) is 22.1. The van der Waals surface area contributed by atoms with Gasteiger partial charge in [-0.1, -0.05) is 12.1 Å². The molecule has 2 aromatic rings. The van der Waals surface area contributed by atoms with E-state index in [2.05, 4.69) is 33.3 Å². The summed E-state index contributed by atoms with van der Waals surface area (Å²) in [6.45, 7) is 4.48. The molecule has 1 saturated heterocycles. The molecule has 118 valence electrons. The van der Waals surface area contributed by atoms with Crippen LogP contribution in [0.5, 0.6) is 5.75 Å². The van der Waals surface area contributed by atoms with Gasteiger partial charge in [0.15, 0.2) is 0 Å². The lowest BCUT2D eigenvalue weighted by molar-refractivity contribution is 0.140. The molecule has 0 radical (unpaired) electrons. The molecule has 1 fully saturated rings. The van der Waals surface area contributed by atoms with Gasteiger partial charge in [0, 0.05) is 31.2 Å². The fourth-order valence-electron chi connectivity index (χ4n) is 3.11. The maximum absolute atomic E-state index is 10.3. The lowest BCUT2D eigenvalue weighted by Gasteiger charge is -2.15. The van der Waals surface area contributed by atoms with Crippen LogP contribution in [0.1, 0.15) is 17.0 Å². The lowest BCUT2D eigenvalue weighted by atomic mass is 10.0. The van der Waals surface area contributed by atoms with E-state index < -0.39 is 0 Å². The molecule has 2 heterocycles. The van der Waals surface area contributed by atoms with E-state index in [1.807, 2.05) is 19.1 Å². The first-order valence-corrected chi connectivity index (χ1v) is 7.68. The van der Waals surface area contributed by atoms with Gasteiger partial charge in [0.1, 0.15) is 5.75 Å². The number of methoxy groups -OCH3 is 1. The van der Waals surface area contributed by atoms with Crippen LogP contribution in [0.3, 0.4) is 0 Å². The minimum absolute atomic E-state index is 0.251. The van der Waals surface area contributed by atoms with Gasteiger partial charge in [0.25, 0.3) is 0 Å². The molecule has 3 rings (SSSR count). The molecule has 1 aliphatic heterocycles. The molecule has 0 aliphatic carbocycles. The zero-order valence-electron chi connectivity index (χ0n) is 13.1. The minimum Gasteiger partial charge on any atom is -0.497 e. The third kappa shape index (κ3) is 3.48. The van der Waals surface area contributed by atoms with Gasteiger partial charge in [-0.15, -0.1) is 0 Å². The van der Waals surface area contributed by atoms with Crippen molar-refractivity contribution in [3.63, 3.8) is 0 Å². The van der Waals surface area contributed by atoms with Crippen LogP contribution in [-0.2, 0) is 13.0 Å². The molecule has 1 aliphatic rings. The summed E-state index contributed by atoms with van der Waals surface area (Å²) in [5.41, 5.74) is 3.34. The lowest BCUT2D eigenvalue weighted by Crippen LogP contribution is -2.21. The van der Waals surface area contributed by atoms with E-state index in [-0.39, 0.29) is 12.0 Å². The molecule has 1 aromatic heterocycles. The Morgan fingerprint density at radius 1 is 1.32 bits per heavy atom. The van der Waals surface area contributed by atoms with E-state index >= 15 is 0 Å². The summed E-state index contributed by atoms with van der Waals surface area (Å²) in [6.07, 6.45) is 0.542. The van der Waals surface area contributed by atoms with Gasteiger partial charge >= 0.3 is 0 Å². The largest absolute Gasteiger partial charge is 0.497 e. The van der Waals surface area contributed by atoms with Crippen molar-refractivity contribution in [3.8, 4) is 5.75 Å². The van der Waals surface area contributed by atoms with Crippen molar-refractivity contribution in [2.24, 2.45) is 5.92 Å². The summed E-state index contributed by atoms with van der Waals surface area (Å²) in [6, 6.07) is 10.2. The molecule has 5 nitrogen and oxygen atoms in total. The number of aliphatic hydroxyl groups excluding tert-OH is 1. The molecule has 5 heteroatoms. The van der Waals surface area contributed by atoms with Crippen molar-refractivity contribution in [2.45, 2.75) is 26.0 Å². The fraction of sp³-hybridized carbons (Fsp3) is 0.471. The SMILES string of the molecule is COc1ccc(CN2C[C@@H](Cc3cc(C)[nH]n3)[C@H](O)C2)cc1. The summed E-state index contributed by atoms with van der Waals surface area (Å²) in [7, 11) is 1.67. The van der Waals surface area contributed by atoms with Crippen LogP contribution in [0.2, 0.25) is 0 Å². The predicted molar refractivity (Wildman–Crippen MR) is 84.8 cm³/mol. The Hall–Kier alpha value is -1.85. The van der Waals surface area contributed by atoms with Crippen LogP contribution >= 0.6 is 0 Å². The van der Waals surface area contributed by atoms with Gasteiger partial charge in [-0.05, 0) is 37.1 Å². The summed E-state index contributed by atoms with van der Waals surface area (Å²) in [5.74, 6) is 1.12. The second kappa shape index (κ2) is 6.50. The summed E-state index contributed by atoms with van der Waals surface area (Å²) >= 11 is 0. The third-order valence-corrected chi connectivity index (χ3v) is 4.28. The molecular weight excluding hydrogens is 278 g/mol. The molecule has 0 spiro atoms. The van der Waals surface area contributed by atoms with E-state index in [0.717, 1.165) is 43.2 Å². The highest BCUT2D eigenvalue weighted by Gasteiger charge is 2.31. The average Bonchev–Trinajstić information content (AvgIpc) is 3.06. The van der Waals surface area contributed by atoms with Gasteiger partial charge in [-0.2, -0.15) is 5.10 Å². The smallest absolute Gasteiger partial charge is 0.118 e. The number of rotatable bonds is 5. The highest BCUT2D eigenvalue weighted by molar-refractivity contribution is 5.27. The number of nitrogens with one attached hydrogen (secondary N) is 1. The molecular formula is C17H23N3O2. The number of nitrogens with zero attached hydrogens (tertiary/aromatic N) is 2. The van der Waals surface area contributed by atoms with Gasteiger partial charge in [-0.25, -0.2) is 0 Å². The fourth-order valence-corrected chi connectivity index (χ4v) is 3.11. The summed E-state index contributed by atoms with van der Waals surface area (Å²) in [4.78, 5) is 2.30. The highest BCUT2D eigenvalue weighted by atomic mass is 16.5. The first kappa shape index (κ1) is 15.1. The number of H-pyrrole nitrogens is 1. The van der Waals surface area contributed by atoms with E-state index in [9.17, 15) is 5.11 Å². The van der Waals surface area contributed by atoms with E-state index in [4.69, 9.17) is 4.74 Å². The minimum atomic E-state index is -0.282. The first-order valence-electron chi connectivity index (χ1n) is 7.68. The van der Waals surface area contributed by atoms with Gasteiger partial charge in [-0.3, -0.25) is 10.00 Å². The van der Waals surface area contributed by atoms with E-state index in [0.29, 0.717) is 0 Å². The second-order valence-corrected chi connectivity index (χ2v) is 6.12. The van der Waals surface area contributed by atoms with Crippen LogP contribution in [0.4, 0.5) is 0 Å². The maximum Gasteiger partial charge on any atom is 0.118 e. The Kier molecular flexibility index (Phi) is 4.45. The van der Waals surface area contributed by atoms with Gasteiger partial charge in [0.2, 0.25) is 0 Å². The van der Waals surface area contributed by atoms with Crippen molar-refractivity contribution in [2.75, 3.05) is 20.2 Å². The van der Waals surface area contributed by atoms with Crippen LogP contribution in [0, 0.1) is 12.8 Å². The van der Waals surface area contributed by atoms with Gasteiger partial charge < -0.3 is 9.84 Å². The number of hydrogen-bond acceptors (Lipinski definition) is 4. The molecule has 0 saturated carbocycles. The van der Waals surface area contributed by atoms with Crippen LogP contribution in [0.25, 0.3) is 0 Å². The Balaban J connectivity index is 1.57. The molecule has 2 atom stereocenters. The Labute approximate surface area is 130 Å². The van der Waals surface area contributed by atoms with Crippen molar-refractivity contribution >= 4 is 0 Å². The molecule has 1 aromatic carbocycles. The molecule has 0 unspecified atom stereocenters. The van der Waals surface area contributed by atoms with Crippen molar-refractivity contribution < 1.29 is 9.84 Å². The third-order valence-electron chi connectivity index (χ3n) is 4.28. The quantitative estimate of drug-likeness (QED) is 0.883. The standard InChI is InChI=1S/C17H23N3O2/c1-12-7-15(19-18-12)8-14-10-20(11-17(14)21)9-13-3-5-16(22-2)6-4-13/h3-7,14,17,21H,8-11H2,1-2H3,(H,18,19)/t14-,17-/m1/s1. The Bertz CT molecular complexity index is 609. The summed E-state index contributed by atoms with van der Waals surface area (Å²) < 4.78 is 5.18. The topological polar surface area (TPSA) is 61.4 Å². The maximum atomic E-state index is 10.3. The molecule has 0 amide bonds. The second-order valence-electron chi connectivity index (χ2n) is 6.12.